The van der Waals surface area contributed by atoms with E-state index in [1.807, 2.05) is 0 Å². The Hall–Kier alpha value is -3.90. The summed E-state index contributed by atoms with van der Waals surface area (Å²) < 4.78 is 0. The third-order valence-electron chi connectivity index (χ3n) is 11.6. The van der Waals surface area contributed by atoms with Crippen LogP contribution in [0.5, 0.6) is 0 Å². The minimum atomic E-state index is 0.0877. The highest BCUT2D eigenvalue weighted by atomic mass is 14.4. The standard InChI is InChI=1S/C48H54/c1-45(2,3)37-17-11-31(12-18-37)33-15-21-39-41-27-36-24-26-48(9,10)44-30-34(32-13-19-38(20-14-32)46(4,5)6)16-22-40(44)42(36)28-35(41)23-25-47(7,8)43(39)29-33/h11-22,27-30H,23-26H2,1-10H3. The minimum absolute atomic E-state index is 0.0877. The molecule has 0 amide bonds. The van der Waals surface area contributed by atoms with E-state index < -0.39 is 0 Å². The third-order valence-corrected chi connectivity index (χ3v) is 11.6. The first-order valence-corrected chi connectivity index (χ1v) is 18.2. The summed E-state index contributed by atoms with van der Waals surface area (Å²) in [6, 6.07) is 38.2. The van der Waals surface area contributed by atoms with Crippen molar-refractivity contribution in [3.05, 3.63) is 130 Å². The Balaban J connectivity index is 1.31. The van der Waals surface area contributed by atoms with Gasteiger partial charge in [-0.3, -0.25) is 0 Å². The van der Waals surface area contributed by atoms with Crippen LogP contribution in [0, 0.1) is 0 Å². The Morgan fingerprint density at radius 3 is 1.06 bits per heavy atom. The molecule has 0 bridgehead atoms. The fourth-order valence-corrected chi connectivity index (χ4v) is 8.13. The van der Waals surface area contributed by atoms with Crippen molar-refractivity contribution in [1.29, 1.82) is 0 Å². The second kappa shape index (κ2) is 11.3. The van der Waals surface area contributed by atoms with Crippen molar-refractivity contribution in [2.75, 3.05) is 0 Å². The SMILES string of the molecule is CC(C)(C)c1ccc(-c2ccc3c(c2)C(C)(C)CCc2cc4c(cc2-3)CCC(C)(C)c2cc(-c3ccc(C(C)(C)C)cc3)ccc2-4)cc1. The molecule has 0 heterocycles. The molecule has 0 saturated carbocycles. The van der Waals surface area contributed by atoms with Crippen LogP contribution in [0.2, 0.25) is 0 Å². The van der Waals surface area contributed by atoms with Crippen LogP contribution in [-0.2, 0) is 34.5 Å². The molecule has 0 aromatic heterocycles. The highest BCUT2D eigenvalue weighted by Crippen LogP contribution is 2.48. The van der Waals surface area contributed by atoms with E-state index in [9.17, 15) is 0 Å². The summed E-state index contributed by atoms with van der Waals surface area (Å²) in [4.78, 5) is 0. The molecule has 0 unspecified atom stereocenters. The molecular formula is C48H54. The lowest BCUT2D eigenvalue weighted by Crippen LogP contribution is -2.17. The van der Waals surface area contributed by atoms with E-state index >= 15 is 0 Å². The van der Waals surface area contributed by atoms with Crippen LogP contribution in [0.1, 0.15) is 115 Å². The zero-order valence-electron chi connectivity index (χ0n) is 31.1. The van der Waals surface area contributed by atoms with Crippen LogP contribution < -0.4 is 0 Å². The lowest BCUT2D eigenvalue weighted by Gasteiger charge is -2.26. The second-order valence-electron chi connectivity index (χ2n) is 18.1. The molecule has 0 N–H and O–H groups in total. The van der Waals surface area contributed by atoms with Gasteiger partial charge in [0.05, 0.1) is 0 Å². The van der Waals surface area contributed by atoms with Gasteiger partial charge in [0.2, 0.25) is 0 Å². The van der Waals surface area contributed by atoms with Gasteiger partial charge < -0.3 is 0 Å². The van der Waals surface area contributed by atoms with E-state index in [0.29, 0.717) is 0 Å². The van der Waals surface area contributed by atoms with E-state index in [4.69, 9.17) is 0 Å². The Morgan fingerprint density at radius 1 is 0.396 bits per heavy atom. The molecule has 7 rings (SSSR count). The van der Waals surface area contributed by atoms with E-state index in [0.717, 1.165) is 25.7 Å². The Kier molecular flexibility index (Phi) is 7.71. The number of benzene rings is 5. The normalized spacial score (nSPS) is 16.5. The van der Waals surface area contributed by atoms with Gasteiger partial charge in [-0.2, -0.15) is 0 Å². The van der Waals surface area contributed by atoms with Gasteiger partial charge in [-0.15, -0.1) is 0 Å². The Bertz CT molecular complexity index is 1850. The van der Waals surface area contributed by atoms with Gasteiger partial charge in [0.15, 0.2) is 0 Å². The second-order valence-corrected chi connectivity index (χ2v) is 18.1. The molecule has 0 atom stereocenters. The molecule has 0 nitrogen and oxygen atoms in total. The molecular weight excluding hydrogens is 577 g/mol. The fraction of sp³-hybridized carbons (Fsp3) is 0.375. The van der Waals surface area contributed by atoms with Crippen LogP contribution >= 0.6 is 0 Å². The van der Waals surface area contributed by atoms with Crippen LogP contribution in [0.25, 0.3) is 44.5 Å². The van der Waals surface area contributed by atoms with E-state index in [1.165, 1.54) is 77.9 Å². The van der Waals surface area contributed by atoms with Crippen LogP contribution in [0.15, 0.2) is 97.1 Å². The maximum Gasteiger partial charge on any atom is -0.00940 e. The largest absolute Gasteiger partial charge is 0.0579 e. The molecule has 2 aliphatic carbocycles. The Labute approximate surface area is 290 Å². The van der Waals surface area contributed by atoms with Crippen LogP contribution in [0.4, 0.5) is 0 Å². The number of hydrogen-bond acceptors (Lipinski definition) is 0. The molecule has 0 aliphatic heterocycles. The molecule has 5 aromatic carbocycles. The predicted octanol–water partition coefficient (Wildman–Crippen LogP) is 13.4. The van der Waals surface area contributed by atoms with Gasteiger partial charge in [-0.1, -0.05) is 154 Å². The predicted molar refractivity (Wildman–Crippen MR) is 208 cm³/mol. The molecule has 0 spiro atoms. The van der Waals surface area contributed by atoms with Gasteiger partial charge in [-0.05, 0) is 137 Å². The topological polar surface area (TPSA) is 0 Å². The first-order chi connectivity index (χ1) is 22.5. The van der Waals surface area contributed by atoms with Crippen molar-refractivity contribution in [1.82, 2.24) is 0 Å². The van der Waals surface area contributed by atoms with E-state index in [2.05, 4.69) is 166 Å². The van der Waals surface area contributed by atoms with E-state index in [1.54, 1.807) is 0 Å². The van der Waals surface area contributed by atoms with Crippen molar-refractivity contribution in [2.45, 2.75) is 117 Å². The highest BCUT2D eigenvalue weighted by molar-refractivity contribution is 5.84. The molecule has 246 valence electrons. The molecule has 2 aliphatic rings. The highest BCUT2D eigenvalue weighted by Gasteiger charge is 2.33. The maximum atomic E-state index is 2.58. The van der Waals surface area contributed by atoms with Gasteiger partial charge in [0, 0.05) is 0 Å². The smallest absolute Gasteiger partial charge is 0.00940 e. The first-order valence-electron chi connectivity index (χ1n) is 18.2. The monoisotopic (exact) mass is 630 g/mol. The van der Waals surface area contributed by atoms with Crippen molar-refractivity contribution in [3.8, 4) is 44.5 Å². The molecule has 0 fully saturated rings. The average molecular weight is 631 g/mol. The Morgan fingerprint density at radius 2 is 0.729 bits per heavy atom. The van der Waals surface area contributed by atoms with Gasteiger partial charge in [0.1, 0.15) is 0 Å². The van der Waals surface area contributed by atoms with Crippen molar-refractivity contribution < 1.29 is 0 Å². The zero-order chi connectivity index (χ0) is 34.2. The summed E-state index contributed by atoms with van der Waals surface area (Å²) in [5.74, 6) is 0. The summed E-state index contributed by atoms with van der Waals surface area (Å²) in [5, 5.41) is 0. The van der Waals surface area contributed by atoms with Crippen molar-refractivity contribution in [3.63, 3.8) is 0 Å². The summed E-state index contributed by atoms with van der Waals surface area (Å²) in [6.45, 7) is 23.5. The third kappa shape index (κ3) is 5.87. The molecule has 5 aromatic rings. The summed E-state index contributed by atoms with van der Waals surface area (Å²) in [5.41, 5.74) is 20.2. The summed E-state index contributed by atoms with van der Waals surface area (Å²) in [6.07, 6.45) is 4.47. The first kappa shape index (κ1) is 32.6. The van der Waals surface area contributed by atoms with Crippen LogP contribution in [0.3, 0.4) is 0 Å². The van der Waals surface area contributed by atoms with Gasteiger partial charge in [-0.25, -0.2) is 0 Å². The number of rotatable bonds is 2. The summed E-state index contributed by atoms with van der Waals surface area (Å²) in [7, 11) is 0. The lowest BCUT2D eigenvalue weighted by atomic mass is 9.78. The molecule has 0 saturated heterocycles. The number of hydrogen-bond donors (Lipinski definition) is 0. The van der Waals surface area contributed by atoms with Crippen molar-refractivity contribution >= 4 is 0 Å². The van der Waals surface area contributed by atoms with Gasteiger partial charge >= 0.3 is 0 Å². The number of fused-ring (bicyclic) bond motifs is 6. The van der Waals surface area contributed by atoms with Crippen molar-refractivity contribution in [2.24, 2.45) is 0 Å². The van der Waals surface area contributed by atoms with Gasteiger partial charge in [0.25, 0.3) is 0 Å². The zero-order valence-corrected chi connectivity index (χ0v) is 31.1. The molecule has 48 heavy (non-hydrogen) atoms. The number of aryl methyl sites for hydroxylation is 2. The average Bonchev–Trinajstić information content (AvgIpc) is 3.22. The quantitative estimate of drug-likeness (QED) is 0.182. The minimum Gasteiger partial charge on any atom is -0.0579 e. The molecule has 0 heteroatoms. The summed E-state index contributed by atoms with van der Waals surface area (Å²) >= 11 is 0. The van der Waals surface area contributed by atoms with Crippen LogP contribution in [-0.4, -0.2) is 0 Å². The molecule has 0 radical (unpaired) electrons. The van der Waals surface area contributed by atoms with E-state index in [-0.39, 0.29) is 21.7 Å². The maximum absolute atomic E-state index is 2.58. The fourth-order valence-electron chi connectivity index (χ4n) is 8.13. The lowest BCUT2D eigenvalue weighted by molar-refractivity contribution is 0.485.